The molecule has 0 unspecified atom stereocenters. The molecular weight excluding hydrogens is 356 g/mol. The molecule has 21 heavy (non-hydrogen) atoms. The molecule has 2 rings (SSSR count). The van der Waals surface area contributed by atoms with Crippen molar-refractivity contribution in [2.24, 2.45) is 0 Å². The van der Waals surface area contributed by atoms with Gasteiger partial charge in [-0.25, -0.2) is 9.97 Å². The first-order chi connectivity index (χ1) is 9.88. The summed E-state index contributed by atoms with van der Waals surface area (Å²) in [6.45, 7) is 3.89. The maximum Gasteiger partial charge on any atom is 0.276 e. The van der Waals surface area contributed by atoms with Crippen molar-refractivity contribution in [2.75, 3.05) is 11.1 Å². The van der Waals surface area contributed by atoms with Crippen molar-refractivity contribution in [1.82, 2.24) is 9.97 Å². The van der Waals surface area contributed by atoms with Gasteiger partial charge in [-0.05, 0) is 34.1 Å². The summed E-state index contributed by atoms with van der Waals surface area (Å²) in [5.41, 5.74) is 6.74. The summed E-state index contributed by atoms with van der Waals surface area (Å²) in [7, 11) is 0. The first-order valence-electron chi connectivity index (χ1n) is 6.27. The Morgan fingerprint density at radius 2 is 2.14 bits per heavy atom. The van der Waals surface area contributed by atoms with Crippen molar-refractivity contribution in [3.8, 4) is 0 Å². The molecule has 2 aromatic rings. The number of nitrogens with one attached hydrogen (secondary N) is 1. The Kier molecular flexibility index (Phi) is 4.80. The Labute approximate surface area is 136 Å². The molecule has 0 radical (unpaired) electrons. The monoisotopic (exact) mass is 368 g/mol. The van der Waals surface area contributed by atoms with E-state index < -0.39 is 5.91 Å². The number of aromatic nitrogens is 2. The lowest BCUT2D eigenvalue weighted by atomic mass is 10.2. The quantitative estimate of drug-likeness (QED) is 0.861. The molecule has 0 bridgehead atoms. The van der Waals surface area contributed by atoms with Gasteiger partial charge in [0, 0.05) is 16.1 Å². The molecule has 0 fully saturated rings. The van der Waals surface area contributed by atoms with Crippen LogP contribution in [0.5, 0.6) is 0 Å². The third-order valence-corrected chi connectivity index (χ3v) is 3.98. The van der Waals surface area contributed by atoms with Crippen molar-refractivity contribution in [2.45, 2.75) is 19.8 Å². The molecule has 0 saturated carbocycles. The zero-order valence-corrected chi connectivity index (χ0v) is 13.9. The van der Waals surface area contributed by atoms with Gasteiger partial charge in [-0.1, -0.05) is 25.4 Å². The molecule has 110 valence electrons. The average molecular weight is 370 g/mol. The third kappa shape index (κ3) is 3.71. The normalized spacial score (nSPS) is 10.7. The second kappa shape index (κ2) is 6.41. The number of amides is 1. The first-order valence-corrected chi connectivity index (χ1v) is 7.44. The maximum atomic E-state index is 12.3. The van der Waals surface area contributed by atoms with E-state index in [9.17, 15) is 4.79 Å². The Morgan fingerprint density at radius 3 is 2.76 bits per heavy atom. The lowest BCUT2D eigenvalue weighted by molar-refractivity contribution is 0.102. The van der Waals surface area contributed by atoms with Gasteiger partial charge in [-0.15, -0.1) is 0 Å². The van der Waals surface area contributed by atoms with Crippen LogP contribution in [0.25, 0.3) is 0 Å². The van der Waals surface area contributed by atoms with Crippen LogP contribution in [0.2, 0.25) is 5.02 Å². The Balaban J connectivity index is 2.27. The van der Waals surface area contributed by atoms with Crippen LogP contribution in [-0.4, -0.2) is 15.9 Å². The van der Waals surface area contributed by atoms with E-state index in [1.807, 2.05) is 13.8 Å². The van der Waals surface area contributed by atoms with Gasteiger partial charge in [0.15, 0.2) is 5.69 Å². The zero-order chi connectivity index (χ0) is 15.6. The van der Waals surface area contributed by atoms with Crippen LogP contribution in [0.3, 0.4) is 0 Å². The number of hydrogen-bond acceptors (Lipinski definition) is 4. The molecule has 1 amide bonds. The van der Waals surface area contributed by atoms with E-state index in [1.54, 1.807) is 18.2 Å². The van der Waals surface area contributed by atoms with Crippen LogP contribution in [0.15, 0.2) is 28.9 Å². The topological polar surface area (TPSA) is 80.9 Å². The molecule has 1 heterocycles. The molecular formula is C14H14BrClN4O. The fourth-order valence-corrected chi connectivity index (χ4v) is 2.06. The van der Waals surface area contributed by atoms with Gasteiger partial charge >= 0.3 is 0 Å². The fraction of sp³-hybridized carbons (Fsp3) is 0.214. The number of anilines is 2. The fourth-order valence-electron chi connectivity index (χ4n) is 1.63. The van der Waals surface area contributed by atoms with Gasteiger partial charge in [0.1, 0.15) is 5.82 Å². The number of carbonyl (C=O) groups excluding carboxylic acids is 1. The summed E-state index contributed by atoms with van der Waals surface area (Å²) in [6.07, 6.45) is 1.45. The smallest absolute Gasteiger partial charge is 0.276 e. The predicted octanol–water partition coefficient (Wildman–Crippen LogP) is 3.85. The number of rotatable bonds is 3. The van der Waals surface area contributed by atoms with E-state index in [2.05, 4.69) is 31.2 Å². The molecule has 5 nitrogen and oxygen atoms in total. The van der Waals surface area contributed by atoms with Crippen molar-refractivity contribution in [3.05, 3.63) is 45.4 Å². The molecule has 0 aliphatic heterocycles. The third-order valence-electron chi connectivity index (χ3n) is 2.74. The molecule has 0 aliphatic rings. The van der Waals surface area contributed by atoms with Crippen LogP contribution < -0.4 is 11.1 Å². The van der Waals surface area contributed by atoms with Gasteiger partial charge in [-0.2, -0.15) is 0 Å². The first kappa shape index (κ1) is 15.7. The second-order valence-corrected chi connectivity index (χ2v) is 6.03. The Morgan fingerprint density at radius 1 is 1.43 bits per heavy atom. The van der Waals surface area contributed by atoms with Crippen LogP contribution >= 0.6 is 27.5 Å². The van der Waals surface area contributed by atoms with Gasteiger partial charge in [-0.3, -0.25) is 4.79 Å². The zero-order valence-electron chi connectivity index (χ0n) is 11.5. The largest absolute Gasteiger partial charge is 0.396 e. The van der Waals surface area contributed by atoms with E-state index >= 15 is 0 Å². The minimum absolute atomic E-state index is 0.110. The summed E-state index contributed by atoms with van der Waals surface area (Å²) >= 11 is 9.29. The van der Waals surface area contributed by atoms with Gasteiger partial charge < -0.3 is 11.1 Å². The molecule has 1 aromatic carbocycles. The second-order valence-electron chi connectivity index (χ2n) is 4.77. The number of halogens is 2. The molecule has 0 spiro atoms. The van der Waals surface area contributed by atoms with E-state index in [1.165, 1.54) is 6.20 Å². The highest BCUT2D eigenvalue weighted by Gasteiger charge is 2.15. The predicted molar refractivity (Wildman–Crippen MR) is 87.6 cm³/mol. The van der Waals surface area contributed by atoms with Crippen LogP contribution in [0.1, 0.15) is 36.1 Å². The van der Waals surface area contributed by atoms with E-state index in [0.717, 1.165) is 4.47 Å². The van der Waals surface area contributed by atoms with Gasteiger partial charge in [0.2, 0.25) is 0 Å². The number of hydrogen-bond donors (Lipinski definition) is 2. The lowest BCUT2D eigenvalue weighted by Gasteiger charge is -2.10. The van der Waals surface area contributed by atoms with E-state index in [4.69, 9.17) is 17.3 Å². The average Bonchev–Trinajstić information content (AvgIpc) is 2.43. The summed E-state index contributed by atoms with van der Waals surface area (Å²) < 4.78 is 0.755. The standard InChI is InChI=1S/C14H14BrClN4O/c1-7(2)13-18-6-11(17)12(20-13)14(21)19-8-3-4-9(15)10(16)5-8/h3-7H,17H2,1-2H3,(H,19,21). The molecule has 0 atom stereocenters. The summed E-state index contributed by atoms with van der Waals surface area (Å²) in [4.78, 5) is 20.6. The summed E-state index contributed by atoms with van der Waals surface area (Å²) in [5.74, 6) is 0.289. The number of benzene rings is 1. The number of carbonyl (C=O) groups is 1. The highest BCUT2D eigenvalue weighted by molar-refractivity contribution is 9.10. The minimum Gasteiger partial charge on any atom is -0.396 e. The maximum absolute atomic E-state index is 12.3. The molecule has 0 saturated heterocycles. The highest BCUT2D eigenvalue weighted by atomic mass is 79.9. The SMILES string of the molecule is CC(C)c1ncc(N)c(C(=O)Nc2ccc(Br)c(Cl)c2)n1. The van der Waals surface area contributed by atoms with E-state index in [-0.39, 0.29) is 17.3 Å². The molecule has 1 aromatic heterocycles. The van der Waals surface area contributed by atoms with Gasteiger partial charge in [0.05, 0.1) is 16.9 Å². The molecule has 0 aliphatic carbocycles. The van der Waals surface area contributed by atoms with Gasteiger partial charge in [0.25, 0.3) is 5.91 Å². The number of nitrogen functional groups attached to an aromatic ring is 1. The highest BCUT2D eigenvalue weighted by Crippen LogP contribution is 2.26. The molecule has 7 heteroatoms. The Hall–Kier alpha value is -1.66. The number of nitrogens with two attached hydrogens (primary N) is 1. The Bertz CT molecular complexity index is 691. The van der Waals surface area contributed by atoms with Crippen molar-refractivity contribution < 1.29 is 4.79 Å². The number of nitrogens with zero attached hydrogens (tertiary/aromatic N) is 2. The van der Waals surface area contributed by atoms with Crippen LogP contribution in [0.4, 0.5) is 11.4 Å². The van der Waals surface area contributed by atoms with Crippen molar-refractivity contribution in [3.63, 3.8) is 0 Å². The summed E-state index contributed by atoms with van der Waals surface area (Å²) in [5, 5.41) is 3.22. The van der Waals surface area contributed by atoms with Crippen molar-refractivity contribution in [1.29, 1.82) is 0 Å². The van der Waals surface area contributed by atoms with Crippen molar-refractivity contribution >= 4 is 44.8 Å². The van der Waals surface area contributed by atoms with E-state index in [0.29, 0.717) is 16.5 Å². The lowest BCUT2D eigenvalue weighted by Crippen LogP contribution is -2.18. The summed E-state index contributed by atoms with van der Waals surface area (Å²) in [6, 6.07) is 5.12. The van der Waals surface area contributed by atoms with Crippen LogP contribution in [0, 0.1) is 0 Å². The van der Waals surface area contributed by atoms with Crippen LogP contribution in [-0.2, 0) is 0 Å². The molecule has 3 N–H and O–H groups in total. The minimum atomic E-state index is -0.393.